The fourth-order valence-corrected chi connectivity index (χ4v) is 4.13. The highest BCUT2D eigenvalue weighted by atomic mass is 35.5. The number of methoxy groups -OCH3 is 1. The lowest BCUT2D eigenvalue weighted by atomic mass is 10.1. The van der Waals surface area contributed by atoms with Crippen LogP contribution in [0.25, 0.3) is 10.8 Å². The molecule has 1 N–H and O–H groups in total. The first-order valence-electron chi connectivity index (χ1n) is 7.26. The van der Waals surface area contributed by atoms with Gasteiger partial charge in [-0.2, -0.15) is 0 Å². The molecule has 2 aromatic rings. The number of alkyl halides is 2. The van der Waals surface area contributed by atoms with Crippen LogP contribution in [0.15, 0.2) is 30.5 Å². The van der Waals surface area contributed by atoms with Crippen molar-refractivity contribution >= 4 is 39.9 Å². The summed E-state index contributed by atoms with van der Waals surface area (Å²) in [5.74, 6) is 0.672. The van der Waals surface area contributed by atoms with Crippen molar-refractivity contribution < 1.29 is 14.3 Å². The van der Waals surface area contributed by atoms with Gasteiger partial charge >= 0.3 is 0 Å². The van der Waals surface area contributed by atoms with E-state index in [1.807, 2.05) is 24.3 Å². The van der Waals surface area contributed by atoms with Crippen LogP contribution in [0.2, 0.25) is 0 Å². The summed E-state index contributed by atoms with van der Waals surface area (Å²) in [5, 5.41) is 4.72. The Morgan fingerprint density at radius 2 is 2.17 bits per heavy atom. The number of carbonyl (C=O) groups is 1. The van der Waals surface area contributed by atoms with Crippen molar-refractivity contribution in [2.75, 3.05) is 13.7 Å². The van der Waals surface area contributed by atoms with Gasteiger partial charge in [0.2, 0.25) is 11.8 Å². The van der Waals surface area contributed by atoms with Crippen LogP contribution in [0.1, 0.15) is 0 Å². The van der Waals surface area contributed by atoms with Gasteiger partial charge < -0.3 is 14.8 Å². The Morgan fingerprint density at radius 1 is 1.35 bits per heavy atom. The first-order chi connectivity index (χ1) is 11.0. The Balaban J connectivity index is 1.56. The summed E-state index contributed by atoms with van der Waals surface area (Å²) in [6, 6.07) is 7.40. The van der Waals surface area contributed by atoms with Crippen LogP contribution in [-0.4, -0.2) is 35.0 Å². The summed E-state index contributed by atoms with van der Waals surface area (Å²) in [5.41, 5.74) is 0. The second-order valence-electron chi connectivity index (χ2n) is 5.81. The summed E-state index contributed by atoms with van der Waals surface area (Å²) >= 11 is 12.3. The van der Waals surface area contributed by atoms with Gasteiger partial charge in [0, 0.05) is 17.5 Å². The second-order valence-corrected chi connectivity index (χ2v) is 7.25. The number of amides is 1. The third-order valence-corrected chi connectivity index (χ3v) is 5.46. The van der Waals surface area contributed by atoms with Crippen molar-refractivity contribution in [3.8, 4) is 11.6 Å². The third kappa shape index (κ3) is 2.30. The number of rotatable bonds is 4. The van der Waals surface area contributed by atoms with Gasteiger partial charge in [-0.15, -0.1) is 23.2 Å². The maximum absolute atomic E-state index is 11.8. The largest absolute Gasteiger partial charge is 0.497 e. The van der Waals surface area contributed by atoms with E-state index in [4.69, 9.17) is 32.7 Å². The number of carbonyl (C=O) groups excluding carboxylic acids is 1. The van der Waals surface area contributed by atoms with Gasteiger partial charge in [-0.1, -0.05) is 6.07 Å². The van der Waals surface area contributed by atoms with Crippen molar-refractivity contribution in [2.24, 2.45) is 11.8 Å². The highest BCUT2D eigenvalue weighted by molar-refractivity contribution is 6.53. The summed E-state index contributed by atoms with van der Waals surface area (Å²) in [4.78, 5) is 16.1. The zero-order valence-corrected chi connectivity index (χ0v) is 13.8. The number of ether oxygens (including phenoxy) is 2. The molecule has 23 heavy (non-hydrogen) atoms. The predicted molar refractivity (Wildman–Crippen MR) is 87.1 cm³/mol. The van der Waals surface area contributed by atoms with Gasteiger partial charge in [0.05, 0.1) is 19.1 Å². The first kappa shape index (κ1) is 14.8. The van der Waals surface area contributed by atoms with Crippen LogP contribution in [0, 0.1) is 11.8 Å². The normalized spacial score (nSPS) is 27.4. The van der Waals surface area contributed by atoms with Crippen LogP contribution in [-0.2, 0) is 4.79 Å². The molecule has 1 aromatic heterocycles. The van der Waals surface area contributed by atoms with Crippen molar-refractivity contribution in [1.29, 1.82) is 0 Å². The van der Waals surface area contributed by atoms with Gasteiger partial charge in [-0.3, -0.25) is 4.79 Å². The van der Waals surface area contributed by atoms with Crippen LogP contribution in [0.5, 0.6) is 11.6 Å². The number of piperidine rings is 1. The Kier molecular flexibility index (Phi) is 3.32. The number of hydrogen-bond acceptors (Lipinski definition) is 4. The topological polar surface area (TPSA) is 60.5 Å². The minimum absolute atomic E-state index is 0.108. The highest BCUT2D eigenvalue weighted by Gasteiger charge is 2.73. The van der Waals surface area contributed by atoms with E-state index in [1.54, 1.807) is 13.3 Å². The number of nitrogens with one attached hydrogen (secondary N) is 1. The summed E-state index contributed by atoms with van der Waals surface area (Å²) < 4.78 is 10.1. The molecule has 1 saturated carbocycles. The van der Waals surface area contributed by atoms with Gasteiger partial charge in [-0.25, -0.2) is 4.98 Å². The van der Waals surface area contributed by atoms with Gasteiger partial charge in [0.1, 0.15) is 16.7 Å². The first-order valence-corrected chi connectivity index (χ1v) is 8.01. The molecule has 0 bridgehead atoms. The van der Waals surface area contributed by atoms with E-state index in [-0.39, 0.29) is 30.4 Å². The lowest BCUT2D eigenvalue weighted by molar-refractivity contribution is -0.121. The predicted octanol–water partition coefficient (Wildman–Crippen LogP) is 2.54. The molecule has 2 fully saturated rings. The summed E-state index contributed by atoms with van der Waals surface area (Å²) in [6.07, 6.45) is 1.69. The maximum Gasteiger partial charge on any atom is 0.226 e. The number of hydrogen-bond donors (Lipinski definition) is 1. The lowest BCUT2D eigenvalue weighted by Gasteiger charge is -2.17. The SMILES string of the molecule is COc1ccc2ccnc(OC[C@H]3NC(=O)[C@H]4[C@@H]3C4(Cl)Cl)c2c1. The summed E-state index contributed by atoms with van der Waals surface area (Å²) in [6.45, 7) is 0.275. The van der Waals surface area contributed by atoms with Gasteiger partial charge in [0.25, 0.3) is 0 Å². The molecule has 4 rings (SSSR count). The van der Waals surface area contributed by atoms with Crippen molar-refractivity contribution in [3.63, 3.8) is 0 Å². The number of aromatic nitrogens is 1. The number of pyridine rings is 1. The molecule has 2 heterocycles. The minimum Gasteiger partial charge on any atom is -0.497 e. The quantitative estimate of drug-likeness (QED) is 0.859. The molecule has 1 amide bonds. The fraction of sp³-hybridized carbons (Fsp3) is 0.375. The monoisotopic (exact) mass is 352 g/mol. The van der Waals surface area contributed by atoms with Gasteiger partial charge in [-0.05, 0) is 23.6 Å². The molecule has 7 heteroatoms. The van der Waals surface area contributed by atoms with Crippen LogP contribution in [0.3, 0.4) is 0 Å². The molecular weight excluding hydrogens is 339 g/mol. The van der Waals surface area contributed by atoms with E-state index < -0.39 is 4.33 Å². The molecule has 1 aromatic carbocycles. The molecule has 0 unspecified atom stereocenters. The molecule has 1 aliphatic heterocycles. The molecule has 5 nitrogen and oxygen atoms in total. The van der Waals surface area contributed by atoms with Crippen LogP contribution >= 0.6 is 23.2 Å². The molecule has 1 aliphatic carbocycles. The standard InChI is InChI=1S/C16H14Cl2N2O3/c1-22-9-3-2-8-4-5-19-15(10(8)6-9)23-7-11-12-13(14(21)20-11)16(12,17)18/h2-6,11-13H,7H2,1H3,(H,20,21)/t11-,12-,13-/m1/s1. The molecule has 2 aliphatic rings. The van der Waals surface area contributed by atoms with E-state index in [0.717, 1.165) is 16.5 Å². The highest BCUT2D eigenvalue weighted by Crippen LogP contribution is 2.63. The van der Waals surface area contributed by atoms with E-state index in [1.165, 1.54) is 0 Å². The second kappa shape index (κ2) is 5.14. The Hall–Kier alpha value is -1.72. The van der Waals surface area contributed by atoms with Crippen molar-refractivity contribution in [3.05, 3.63) is 30.5 Å². The van der Waals surface area contributed by atoms with Crippen LogP contribution < -0.4 is 14.8 Å². The molecule has 1 saturated heterocycles. The smallest absolute Gasteiger partial charge is 0.226 e. The summed E-state index contributed by atoms with van der Waals surface area (Å²) in [7, 11) is 1.61. The average Bonchev–Trinajstić information content (AvgIpc) is 2.94. The van der Waals surface area contributed by atoms with E-state index >= 15 is 0 Å². The average molecular weight is 353 g/mol. The Labute approximate surface area is 142 Å². The molecular formula is C16H14Cl2N2O3. The van der Waals surface area contributed by atoms with Crippen LogP contribution in [0.4, 0.5) is 0 Å². The third-order valence-electron chi connectivity index (χ3n) is 4.49. The van der Waals surface area contributed by atoms with Crippen molar-refractivity contribution in [2.45, 2.75) is 10.4 Å². The van der Waals surface area contributed by atoms with E-state index in [9.17, 15) is 4.79 Å². The molecule has 120 valence electrons. The Morgan fingerprint density at radius 3 is 2.87 bits per heavy atom. The number of fused-ring (bicyclic) bond motifs is 2. The van der Waals surface area contributed by atoms with Gasteiger partial charge in [0.15, 0.2) is 0 Å². The van der Waals surface area contributed by atoms with E-state index in [2.05, 4.69) is 10.3 Å². The zero-order valence-electron chi connectivity index (χ0n) is 12.3. The number of benzene rings is 1. The minimum atomic E-state index is -0.967. The molecule has 0 spiro atoms. The fourth-order valence-electron chi connectivity index (χ4n) is 3.23. The zero-order chi connectivity index (χ0) is 16.2. The lowest BCUT2D eigenvalue weighted by Crippen LogP contribution is -2.39. The molecule has 0 radical (unpaired) electrons. The Bertz CT molecular complexity index is 796. The number of halogens is 2. The number of nitrogens with zero attached hydrogens (tertiary/aromatic N) is 1. The molecule has 3 atom stereocenters. The maximum atomic E-state index is 11.8. The van der Waals surface area contributed by atoms with Crippen molar-refractivity contribution in [1.82, 2.24) is 10.3 Å². The van der Waals surface area contributed by atoms with E-state index in [0.29, 0.717) is 5.88 Å².